The van der Waals surface area contributed by atoms with Gasteiger partial charge in [-0.15, -0.1) is 0 Å². The number of carbonyl (C=O) groups is 1. The van der Waals surface area contributed by atoms with Crippen LogP contribution in [0.3, 0.4) is 0 Å². The van der Waals surface area contributed by atoms with Gasteiger partial charge in [0.05, 0.1) is 25.4 Å². The van der Waals surface area contributed by atoms with Crippen LogP contribution in [-0.4, -0.2) is 25.8 Å². The minimum absolute atomic E-state index is 0.224. The smallest absolute Gasteiger partial charge is 0.343 e. The molecule has 1 aliphatic rings. The standard InChI is InChI=1S/C17H16O4/c18-17(21-13-6-2-1-3-7-13)15-9-5-4-8-14(15)16-12-19-10-11-20-16/h1-9,16H,10-12H2. The van der Waals surface area contributed by atoms with Gasteiger partial charge in [-0.25, -0.2) is 4.79 Å². The fourth-order valence-electron chi connectivity index (χ4n) is 2.28. The van der Waals surface area contributed by atoms with E-state index in [1.54, 1.807) is 18.2 Å². The lowest BCUT2D eigenvalue weighted by Crippen LogP contribution is -2.24. The van der Waals surface area contributed by atoms with E-state index in [0.29, 0.717) is 31.1 Å². The summed E-state index contributed by atoms with van der Waals surface area (Å²) in [6.45, 7) is 1.58. The molecule has 1 unspecified atom stereocenters. The maximum atomic E-state index is 12.4. The van der Waals surface area contributed by atoms with Gasteiger partial charge in [-0.3, -0.25) is 0 Å². The van der Waals surface area contributed by atoms with Gasteiger partial charge in [-0.1, -0.05) is 36.4 Å². The van der Waals surface area contributed by atoms with E-state index in [-0.39, 0.29) is 12.1 Å². The second kappa shape index (κ2) is 6.52. The molecule has 3 rings (SSSR count). The minimum Gasteiger partial charge on any atom is -0.423 e. The zero-order valence-electron chi connectivity index (χ0n) is 11.5. The fraction of sp³-hybridized carbons (Fsp3) is 0.235. The predicted molar refractivity (Wildman–Crippen MR) is 77.4 cm³/mol. The molecular weight excluding hydrogens is 268 g/mol. The summed E-state index contributed by atoms with van der Waals surface area (Å²) in [5.74, 6) is 0.143. The number of esters is 1. The van der Waals surface area contributed by atoms with E-state index in [4.69, 9.17) is 14.2 Å². The summed E-state index contributed by atoms with van der Waals surface area (Å²) in [6, 6.07) is 16.3. The number of para-hydroxylation sites is 1. The van der Waals surface area contributed by atoms with Crippen molar-refractivity contribution in [2.75, 3.05) is 19.8 Å². The zero-order chi connectivity index (χ0) is 14.5. The first kappa shape index (κ1) is 13.8. The Labute approximate surface area is 123 Å². The largest absolute Gasteiger partial charge is 0.423 e. The molecule has 4 nitrogen and oxygen atoms in total. The van der Waals surface area contributed by atoms with E-state index in [0.717, 1.165) is 5.56 Å². The second-order valence-corrected chi connectivity index (χ2v) is 4.72. The highest BCUT2D eigenvalue weighted by atomic mass is 16.6. The van der Waals surface area contributed by atoms with Crippen LogP contribution < -0.4 is 4.74 Å². The van der Waals surface area contributed by atoms with Gasteiger partial charge < -0.3 is 14.2 Å². The number of benzene rings is 2. The maximum absolute atomic E-state index is 12.4. The van der Waals surface area contributed by atoms with Crippen LogP contribution in [0.4, 0.5) is 0 Å². The quantitative estimate of drug-likeness (QED) is 0.642. The molecular formula is C17H16O4. The predicted octanol–water partition coefficient (Wildman–Crippen LogP) is 2.99. The van der Waals surface area contributed by atoms with Gasteiger partial charge in [-0.2, -0.15) is 0 Å². The minimum atomic E-state index is -0.383. The van der Waals surface area contributed by atoms with Crippen molar-refractivity contribution in [2.45, 2.75) is 6.10 Å². The lowest BCUT2D eigenvalue weighted by atomic mass is 10.0. The van der Waals surface area contributed by atoms with Gasteiger partial charge in [0, 0.05) is 0 Å². The molecule has 0 aromatic heterocycles. The number of rotatable bonds is 3. The normalized spacial score (nSPS) is 18.2. The Balaban J connectivity index is 1.82. The second-order valence-electron chi connectivity index (χ2n) is 4.72. The summed E-state index contributed by atoms with van der Waals surface area (Å²) in [5, 5.41) is 0. The van der Waals surface area contributed by atoms with E-state index in [1.807, 2.05) is 36.4 Å². The summed E-state index contributed by atoms with van der Waals surface area (Å²) in [6.07, 6.45) is -0.224. The topological polar surface area (TPSA) is 44.8 Å². The molecule has 4 heteroatoms. The molecule has 108 valence electrons. The number of hydrogen-bond donors (Lipinski definition) is 0. The molecule has 0 radical (unpaired) electrons. The summed E-state index contributed by atoms with van der Waals surface area (Å²) in [4.78, 5) is 12.4. The third kappa shape index (κ3) is 3.29. The first-order chi connectivity index (χ1) is 10.3. The summed E-state index contributed by atoms with van der Waals surface area (Å²) >= 11 is 0. The van der Waals surface area contributed by atoms with Gasteiger partial charge >= 0.3 is 5.97 Å². The summed E-state index contributed by atoms with van der Waals surface area (Å²) < 4.78 is 16.5. The van der Waals surface area contributed by atoms with Crippen LogP contribution >= 0.6 is 0 Å². The van der Waals surface area contributed by atoms with Gasteiger partial charge in [0.1, 0.15) is 11.9 Å². The van der Waals surface area contributed by atoms with Crippen LogP contribution in [0.5, 0.6) is 5.75 Å². The number of ether oxygens (including phenoxy) is 3. The maximum Gasteiger partial charge on any atom is 0.343 e. The highest BCUT2D eigenvalue weighted by molar-refractivity contribution is 5.92. The Bertz CT molecular complexity index is 603. The van der Waals surface area contributed by atoms with Crippen molar-refractivity contribution in [1.29, 1.82) is 0 Å². The molecule has 0 spiro atoms. The third-order valence-corrected chi connectivity index (χ3v) is 3.30. The lowest BCUT2D eigenvalue weighted by Gasteiger charge is -2.24. The average molecular weight is 284 g/mol. The lowest BCUT2D eigenvalue weighted by molar-refractivity contribution is -0.0903. The number of hydrogen-bond acceptors (Lipinski definition) is 4. The van der Waals surface area contributed by atoms with Crippen molar-refractivity contribution in [1.82, 2.24) is 0 Å². The molecule has 2 aromatic carbocycles. The first-order valence-electron chi connectivity index (χ1n) is 6.90. The van der Waals surface area contributed by atoms with E-state index < -0.39 is 0 Å². The van der Waals surface area contributed by atoms with Gasteiger partial charge in [0.25, 0.3) is 0 Å². The van der Waals surface area contributed by atoms with Crippen molar-refractivity contribution < 1.29 is 19.0 Å². The molecule has 21 heavy (non-hydrogen) atoms. The van der Waals surface area contributed by atoms with Crippen molar-refractivity contribution >= 4 is 5.97 Å². The zero-order valence-corrected chi connectivity index (χ0v) is 11.5. The summed E-state index contributed by atoms with van der Waals surface area (Å²) in [5.41, 5.74) is 1.31. The average Bonchev–Trinajstić information content (AvgIpc) is 2.56. The Hall–Kier alpha value is -2.17. The van der Waals surface area contributed by atoms with Crippen LogP contribution in [0.15, 0.2) is 54.6 Å². The van der Waals surface area contributed by atoms with Crippen molar-refractivity contribution in [2.24, 2.45) is 0 Å². The third-order valence-electron chi connectivity index (χ3n) is 3.30. The molecule has 1 aliphatic heterocycles. The molecule has 2 aromatic rings. The monoisotopic (exact) mass is 284 g/mol. The molecule has 0 saturated carbocycles. The SMILES string of the molecule is O=C(Oc1ccccc1)c1ccccc1C1COCCO1. The molecule has 0 amide bonds. The molecule has 0 bridgehead atoms. The van der Waals surface area contributed by atoms with Gasteiger partial charge in [0.2, 0.25) is 0 Å². The van der Waals surface area contributed by atoms with Crippen molar-refractivity contribution in [3.05, 3.63) is 65.7 Å². The van der Waals surface area contributed by atoms with Crippen LogP contribution in [0.2, 0.25) is 0 Å². The Morgan fingerprint density at radius 1 is 1.00 bits per heavy atom. The molecule has 1 fully saturated rings. The number of carbonyl (C=O) groups excluding carboxylic acids is 1. The van der Waals surface area contributed by atoms with E-state index in [9.17, 15) is 4.79 Å². The first-order valence-corrected chi connectivity index (χ1v) is 6.90. The van der Waals surface area contributed by atoms with Crippen LogP contribution in [0.25, 0.3) is 0 Å². The van der Waals surface area contributed by atoms with E-state index >= 15 is 0 Å². The highest BCUT2D eigenvalue weighted by Crippen LogP contribution is 2.25. The van der Waals surface area contributed by atoms with Gasteiger partial charge in [0.15, 0.2) is 0 Å². The molecule has 1 saturated heterocycles. The van der Waals surface area contributed by atoms with Crippen LogP contribution in [0.1, 0.15) is 22.0 Å². The molecule has 1 atom stereocenters. The Morgan fingerprint density at radius 3 is 2.52 bits per heavy atom. The summed E-state index contributed by atoms with van der Waals surface area (Å²) in [7, 11) is 0. The van der Waals surface area contributed by atoms with E-state index in [1.165, 1.54) is 0 Å². The fourth-order valence-corrected chi connectivity index (χ4v) is 2.28. The van der Waals surface area contributed by atoms with Crippen LogP contribution in [0, 0.1) is 0 Å². The van der Waals surface area contributed by atoms with E-state index in [2.05, 4.69) is 0 Å². The molecule has 1 heterocycles. The molecule has 0 N–H and O–H groups in total. The van der Waals surface area contributed by atoms with Crippen LogP contribution in [-0.2, 0) is 9.47 Å². The van der Waals surface area contributed by atoms with Crippen molar-refractivity contribution in [3.8, 4) is 5.75 Å². The Morgan fingerprint density at radius 2 is 1.76 bits per heavy atom. The van der Waals surface area contributed by atoms with Gasteiger partial charge in [-0.05, 0) is 23.8 Å². The molecule has 0 aliphatic carbocycles. The van der Waals surface area contributed by atoms with Crippen molar-refractivity contribution in [3.63, 3.8) is 0 Å². The highest BCUT2D eigenvalue weighted by Gasteiger charge is 2.23. The Kier molecular flexibility index (Phi) is 4.28.